The second-order valence-corrected chi connectivity index (χ2v) is 7.90. The van der Waals surface area contributed by atoms with Crippen LogP contribution < -0.4 is 15.8 Å². The highest BCUT2D eigenvalue weighted by Crippen LogP contribution is 2.24. The summed E-state index contributed by atoms with van der Waals surface area (Å²) in [5.41, 5.74) is 6.20. The van der Waals surface area contributed by atoms with Crippen LogP contribution in [0, 0.1) is 0 Å². The number of sulfone groups is 1. The van der Waals surface area contributed by atoms with Gasteiger partial charge in [-0.3, -0.25) is 0 Å². The Morgan fingerprint density at radius 3 is 2.29 bits per heavy atom. The summed E-state index contributed by atoms with van der Waals surface area (Å²) in [5.74, 6) is -0.623. The van der Waals surface area contributed by atoms with Crippen molar-refractivity contribution in [1.82, 2.24) is 0 Å². The highest BCUT2D eigenvalue weighted by Gasteiger charge is 2.31. The Kier molecular flexibility index (Phi) is 6.90. The molecule has 1 unspecified atom stereocenters. The fourth-order valence-corrected chi connectivity index (χ4v) is 3.92. The average Bonchev–Trinajstić information content (AvgIpc) is 2.62. The fraction of sp³-hybridized carbons (Fsp3) is 0.278. The molecular weight excluding hydrogens is 395 g/mol. The van der Waals surface area contributed by atoms with Crippen LogP contribution in [0.15, 0.2) is 64.5 Å². The van der Waals surface area contributed by atoms with Crippen molar-refractivity contribution in [2.24, 2.45) is 10.7 Å². The van der Waals surface area contributed by atoms with Crippen LogP contribution >= 0.6 is 0 Å². The van der Waals surface area contributed by atoms with Crippen molar-refractivity contribution in [2.75, 3.05) is 11.1 Å². The summed E-state index contributed by atoms with van der Waals surface area (Å²) in [6, 6.07) is 12.4. The van der Waals surface area contributed by atoms with Crippen molar-refractivity contribution in [1.29, 1.82) is 0 Å². The molecule has 10 heteroatoms. The van der Waals surface area contributed by atoms with Gasteiger partial charge >= 0.3 is 6.36 Å². The normalized spacial score (nSPS) is 13.8. The number of halogens is 3. The van der Waals surface area contributed by atoms with Crippen LogP contribution in [-0.2, 0) is 9.84 Å². The lowest BCUT2D eigenvalue weighted by atomic mass is 10.3. The average molecular weight is 415 g/mol. The topological polar surface area (TPSA) is 93.8 Å². The summed E-state index contributed by atoms with van der Waals surface area (Å²) in [5, 5.41) is 2.72. The Bertz CT molecular complexity index is 899. The number of anilines is 1. The number of benzene rings is 2. The van der Waals surface area contributed by atoms with Crippen molar-refractivity contribution in [2.45, 2.75) is 30.6 Å². The number of ether oxygens (including phenoxy) is 1. The number of rotatable bonds is 7. The van der Waals surface area contributed by atoms with Crippen molar-refractivity contribution in [3.63, 3.8) is 0 Å². The number of nitrogens with one attached hydrogen (secondary N) is 1. The molecule has 0 saturated heterocycles. The second kappa shape index (κ2) is 8.96. The zero-order chi connectivity index (χ0) is 20.8. The van der Waals surface area contributed by atoms with Gasteiger partial charge in [0.2, 0.25) is 0 Å². The van der Waals surface area contributed by atoms with Gasteiger partial charge in [0.25, 0.3) is 0 Å². The molecule has 152 valence electrons. The number of hydrogen-bond acceptors (Lipinski definition) is 4. The standard InChI is InChI=1S/C18H20F3N3O3S/c1-2-13(12-28(25,26)16-6-4-3-5-7-16)23-17(22)24-14-8-10-15(11-9-14)27-18(19,20)21/h3-11,13H,2,12H2,1H3,(H3,22,23,24). The Morgan fingerprint density at radius 1 is 1.14 bits per heavy atom. The zero-order valence-corrected chi connectivity index (χ0v) is 15.8. The number of aliphatic imine (C=N–C) groups is 1. The summed E-state index contributed by atoms with van der Waals surface area (Å²) >= 11 is 0. The highest BCUT2D eigenvalue weighted by atomic mass is 32.2. The van der Waals surface area contributed by atoms with Gasteiger partial charge in [-0.25, -0.2) is 13.4 Å². The van der Waals surface area contributed by atoms with E-state index in [1.54, 1.807) is 25.1 Å². The molecule has 0 bridgehead atoms. The lowest BCUT2D eigenvalue weighted by Crippen LogP contribution is -2.28. The third-order valence-corrected chi connectivity index (χ3v) is 5.48. The summed E-state index contributed by atoms with van der Waals surface area (Å²) in [6.45, 7) is 1.78. The van der Waals surface area contributed by atoms with Gasteiger partial charge < -0.3 is 15.8 Å². The van der Waals surface area contributed by atoms with E-state index < -0.39 is 22.2 Å². The van der Waals surface area contributed by atoms with Gasteiger partial charge in [-0.15, -0.1) is 13.2 Å². The molecule has 2 aromatic rings. The van der Waals surface area contributed by atoms with Gasteiger partial charge in [-0.2, -0.15) is 0 Å². The minimum absolute atomic E-state index is 0.0420. The molecule has 0 aliphatic rings. The maximum atomic E-state index is 12.5. The molecule has 0 spiro atoms. The van der Waals surface area contributed by atoms with E-state index in [2.05, 4.69) is 15.0 Å². The first-order chi connectivity index (χ1) is 13.1. The van der Waals surface area contributed by atoms with Crippen LogP contribution in [0.1, 0.15) is 13.3 Å². The predicted octanol–water partition coefficient (Wildman–Crippen LogP) is 3.56. The molecule has 6 nitrogen and oxygen atoms in total. The largest absolute Gasteiger partial charge is 0.573 e. The van der Waals surface area contributed by atoms with Crippen LogP contribution in [0.2, 0.25) is 0 Å². The number of hydrogen-bond donors (Lipinski definition) is 2. The lowest BCUT2D eigenvalue weighted by Gasteiger charge is -2.14. The maximum absolute atomic E-state index is 12.5. The molecule has 2 aromatic carbocycles. The van der Waals surface area contributed by atoms with E-state index in [1.165, 1.54) is 24.3 Å². The molecule has 0 radical (unpaired) electrons. The summed E-state index contributed by atoms with van der Waals surface area (Å²) < 4.78 is 65.2. The second-order valence-electron chi connectivity index (χ2n) is 5.87. The van der Waals surface area contributed by atoms with Crippen LogP contribution in [-0.4, -0.2) is 32.5 Å². The predicted molar refractivity (Wildman–Crippen MR) is 101 cm³/mol. The van der Waals surface area contributed by atoms with E-state index in [-0.39, 0.29) is 22.4 Å². The first-order valence-corrected chi connectivity index (χ1v) is 9.98. The van der Waals surface area contributed by atoms with Gasteiger partial charge in [0.15, 0.2) is 15.8 Å². The molecule has 0 saturated carbocycles. The Balaban J connectivity index is 2.04. The molecule has 0 aliphatic heterocycles. The molecule has 0 aromatic heterocycles. The lowest BCUT2D eigenvalue weighted by molar-refractivity contribution is -0.274. The van der Waals surface area contributed by atoms with Crippen LogP contribution in [0.3, 0.4) is 0 Å². The van der Waals surface area contributed by atoms with E-state index in [0.717, 1.165) is 12.1 Å². The SMILES string of the molecule is CCC(CS(=O)(=O)c1ccccc1)N=C(N)Nc1ccc(OC(F)(F)F)cc1. The highest BCUT2D eigenvalue weighted by molar-refractivity contribution is 7.91. The molecule has 1 atom stereocenters. The summed E-state index contributed by atoms with van der Waals surface area (Å²) in [6.07, 6.45) is -4.33. The minimum Gasteiger partial charge on any atom is -0.406 e. The molecule has 3 N–H and O–H groups in total. The number of guanidine groups is 1. The first kappa shape index (κ1) is 21.5. The van der Waals surface area contributed by atoms with E-state index in [1.807, 2.05) is 0 Å². The van der Waals surface area contributed by atoms with Crippen molar-refractivity contribution in [3.05, 3.63) is 54.6 Å². The molecule has 0 fully saturated rings. The summed E-state index contributed by atoms with van der Waals surface area (Å²) in [4.78, 5) is 4.38. The number of alkyl halides is 3. The smallest absolute Gasteiger partial charge is 0.406 e. The molecule has 28 heavy (non-hydrogen) atoms. The van der Waals surface area contributed by atoms with Gasteiger partial charge in [-0.1, -0.05) is 25.1 Å². The molecule has 0 amide bonds. The van der Waals surface area contributed by atoms with Crippen molar-refractivity contribution >= 4 is 21.5 Å². The van der Waals surface area contributed by atoms with E-state index in [0.29, 0.717) is 12.1 Å². The van der Waals surface area contributed by atoms with Gasteiger partial charge in [0.05, 0.1) is 16.7 Å². The first-order valence-electron chi connectivity index (χ1n) is 8.33. The van der Waals surface area contributed by atoms with E-state index in [9.17, 15) is 21.6 Å². The van der Waals surface area contributed by atoms with Crippen LogP contribution in [0.25, 0.3) is 0 Å². The molecule has 0 aliphatic carbocycles. The monoisotopic (exact) mass is 415 g/mol. The fourth-order valence-electron chi connectivity index (χ4n) is 2.34. The van der Waals surface area contributed by atoms with Crippen molar-refractivity contribution in [3.8, 4) is 5.75 Å². The molecular formula is C18H20F3N3O3S. The maximum Gasteiger partial charge on any atom is 0.573 e. The van der Waals surface area contributed by atoms with Crippen molar-refractivity contribution < 1.29 is 26.3 Å². The Morgan fingerprint density at radius 2 is 1.75 bits per heavy atom. The third kappa shape index (κ3) is 6.76. The van der Waals surface area contributed by atoms with Crippen LogP contribution in [0.4, 0.5) is 18.9 Å². The third-order valence-electron chi connectivity index (χ3n) is 3.67. The Hall–Kier alpha value is -2.75. The van der Waals surface area contributed by atoms with Gasteiger partial charge in [-0.05, 0) is 42.8 Å². The van der Waals surface area contributed by atoms with E-state index in [4.69, 9.17) is 5.73 Å². The number of nitrogens with zero attached hydrogens (tertiary/aromatic N) is 1. The summed E-state index contributed by atoms with van der Waals surface area (Å²) in [7, 11) is -3.53. The van der Waals surface area contributed by atoms with E-state index >= 15 is 0 Å². The number of nitrogens with two attached hydrogens (primary N) is 1. The zero-order valence-electron chi connectivity index (χ0n) is 15.0. The minimum atomic E-state index is -4.77. The quantitative estimate of drug-likeness (QED) is 0.533. The Labute approximate surface area is 161 Å². The van der Waals surface area contributed by atoms with Gasteiger partial charge in [0.1, 0.15) is 5.75 Å². The molecule has 2 rings (SSSR count). The molecule has 0 heterocycles. The van der Waals surface area contributed by atoms with Gasteiger partial charge in [0, 0.05) is 5.69 Å². The van der Waals surface area contributed by atoms with Crippen LogP contribution in [0.5, 0.6) is 5.75 Å².